The first-order chi connectivity index (χ1) is 18.2. The molecule has 0 saturated heterocycles. The fraction of sp³-hybridized carbons (Fsp3) is 0. The van der Waals surface area contributed by atoms with Gasteiger partial charge in [0, 0.05) is 20.2 Å². The number of allylic oxidation sites excluding steroid dienone is 1. The molecule has 0 amide bonds. The third kappa shape index (κ3) is 3.36. The summed E-state index contributed by atoms with van der Waals surface area (Å²) in [6.45, 7) is 8.56. The van der Waals surface area contributed by atoms with Crippen LogP contribution in [0.3, 0.4) is 0 Å². The van der Waals surface area contributed by atoms with Gasteiger partial charge in [0.25, 0.3) is 0 Å². The molecule has 0 N–H and O–H groups in total. The fourth-order valence-corrected chi connectivity index (χ4v) is 6.83. The summed E-state index contributed by atoms with van der Waals surface area (Å²) in [6, 6.07) is 41.5. The molecule has 1 aromatic heterocycles. The lowest BCUT2D eigenvalue weighted by Crippen LogP contribution is -2.25. The Morgan fingerprint density at radius 1 is 0.568 bits per heavy atom. The molecule has 0 aliphatic heterocycles. The average molecular weight is 489 g/mol. The van der Waals surface area contributed by atoms with Crippen LogP contribution in [0.1, 0.15) is 5.56 Å². The van der Waals surface area contributed by atoms with E-state index in [1.165, 1.54) is 58.4 Å². The Morgan fingerprint density at radius 3 is 1.81 bits per heavy atom. The van der Waals surface area contributed by atoms with Gasteiger partial charge in [-0.3, -0.25) is 0 Å². The topological polar surface area (TPSA) is 0 Å². The molecule has 0 radical (unpaired) electrons. The molecule has 0 fully saturated rings. The number of hydrogen-bond donors (Lipinski definition) is 0. The normalized spacial score (nSPS) is 12.4. The largest absolute Gasteiger partial charge is 0.135 e. The molecule has 0 aliphatic rings. The predicted molar refractivity (Wildman–Crippen MR) is 164 cm³/mol. The van der Waals surface area contributed by atoms with Crippen molar-refractivity contribution in [2.75, 3.05) is 0 Å². The highest BCUT2D eigenvalue weighted by atomic mass is 32.1. The van der Waals surface area contributed by atoms with Crippen molar-refractivity contribution < 1.29 is 0 Å². The third-order valence-electron chi connectivity index (χ3n) is 7.38. The van der Waals surface area contributed by atoms with Crippen LogP contribution in [-0.2, 0) is 0 Å². The molecule has 0 saturated carbocycles. The van der Waals surface area contributed by atoms with Crippen molar-refractivity contribution in [3.05, 3.63) is 144 Å². The van der Waals surface area contributed by atoms with Gasteiger partial charge in [0.05, 0.1) is 0 Å². The van der Waals surface area contributed by atoms with Crippen molar-refractivity contribution >= 4 is 65.2 Å². The highest BCUT2D eigenvalue weighted by molar-refractivity contribution is 7.25. The molecule has 0 atom stereocenters. The Hall–Kier alpha value is -4.46. The summed E-state index contributed by atoms with van der Waals surface area (Å²) >= 11 is 1.86. The smallest absolute Gasteiger partial charge is 0.0355 e. The maximum absolute atomic E-state index is 4.32. The minimum Gasteiger partial charge on any atom is -0.135 e. The molecular weight excluding hydrogens is 464 g/mol. The molecule has 1 heterocycles. The van der Waals surface area contributed by atoms with Gasteiger partial charge in [-0.05, 0) is 72.4 Å². The summed E-state index contributed by atoms with van der Waals surface area (Å²) in [4.78, 5) is 0. The maximum Gasteiger partial charge on any atom is 0.0355 e. The molecule has 0 unspecified atom stereocenters. The van der Waals surface area contributed by atoms with Gasteiger partial charge in [0.2, 0.25) is 0 Å². The maximum atomic E-state index is 4.32. The summed E-state index contributed by atoms with van der Waals surface area (Å²) in [7, 11) is 0. The second kappa shape index (κ2) is 8.58. The number of fused-ring (bicyclic) bond motifs is 5. The predicted octanol–water partition coefficient (Wildman–Crippen LogP) is 8.82. The Bertz CT molecular complexity index is 2070. The fourth-order valence-electron chi connectivity index (χ4n) is 5.74. The molecule has 7 rings (SSSR count). The van der Waals surface area contributed by atoms with Crippen molar-refractivity contribution in [1.82, 2.24) is 0 Å². The van der Waals surface area contributed by atoms with Gasteiger partial charge in [-0.25, -0.2) is 0 Å². The molecular formula is C36H24S. The van der Waals surface area contributed by atoms with E-state index >= 15 is 0 Å². The van der Waals surface area contributed by atoms with Gasteiger partial charge in [0.1, 0.15) is 0 Å². The highest BCUT2D eigenvalue weighted by Gasteiger charge is 2.18. The summed E-state index contributed by atoms with van der Waals surface area (Å²) in [6.07, 6.45) is 1.99. The van der Waals surface area contributed by atoms with E-state index in [0.717, 1.165) is 16.0 Å². The van der Waals surface area contributed by atoms with Crippen LogP contribution in [0.25, 0.3) is 65.0 Å². The van der Waals surface area contributed by atoms with E-state index in [0.29, 0.717) is 0 Å². The van der Waals surface area contributed by atoms with E-state index in [1.807, 2.05) is 23.5 Å². The number of thiophene rings is 1. The SMILES string of the molecule is C=C/C(c1c2ccccc2c(-c2ccc3sc4ccccc4c3c2)c2ccccc12)=c1/ccccc1=C. The first-order valence-corrected chi connectivity index (χ1v) is 13.3. The molecule has 0 aliphatic carbocycles. The van der Waals surface area contributed by atoms with Crippen LogP contribution in [0.5, 0.6) is 0 Å². The Labute approximate surface area is 219 Å². The summed E-state index contributed by atoms with van der Waals surface area (Å²) in [5.41, 5.74) is 4.85. The molecule has 174 valence electrons. The Kier molecular flexibility index (Phi) is 5.06. The van der Waals surface area contributed by atoms with Crippen LogP contribution >= 0.6 is 11.3 Å². The zero-order valence-corrected chi connectivity index (χ0v) is 21.2. The van der Waals surface area contributed by atoms with Crippen LogP contribution in [0.15, 0.2) is 128 Å². The third-order valence-corrected chi connectivity index (χ3v) is 8.53. The Balaban J connectivity index is 1.65. The van der Waals surface area contributed by atoms with E-state index in [2.05, 4.69) is 122 Å². The van der Waals surface area contributed by atoms with Crippen LogP contribution in [0, 0.1) is 0 Å². The average Bonchev–Trinajstić information content (AvgIpc) is 3.32. The van der Waals surface area contributed by atoms with E-state index in [1.54, 1.807) is 0 Å². The van der Waals surface area contributed by atoms with Crippen molar-refractivity contribution in [2.24, 2.45) is 0 Å². The minimum absolute atomic E-state index is 1.00. The highest BCUT2D eigenvalue weighted by Crippen LogP contribution is 2.43. The molecule has 7 aromatic rings. The van der Waals surface area contributed by atoms with Gasteiger partial charge >= 0.3 is 0 Å². The van der Waals surface area contributed by atoms with Crippen LogP contribution in [-0.4, -0.2) is 0 Å². The quantitative estimate of drug-likeness (QED) is 0.218. The molecule has 0 nitrogen and oxygen atoms in total. The van der Waals surface area contributed by atoms with Crippen molar-refractivity contribution in [3.8, 4) is 11.1 Å². The second-order valence-electron chi connectivity index (χ2n) is 9.43. The first-order valence-electron chi connectivity index (χ1n) is 12.5. The van der Waals surface area contributed by atoms with Crippen molar-refractivity contribution in [1.29, 1.82) is 0 Å². The van der Waals surface area contributed by atoms with Crippen molar-refractivity contribution in [3.63, 3.8) is 0 Å². The lowest BCUT2D eigenvalue weighted by molar-refractivity contribution is 1.50. The van der Waals surface area contributed by atoms with Gasteiger partial charge in [0.15, 0.2) is 0 Å². The van der Waals surface area contributed by atoms with Gasteiger partial charge in [-0.2, -0.15) is 0 Å². The molecule has 6 aromatic carbocycles. The number of hydrogen-bond acceptors (Lipinski definition) is 1. The van der Waals surface area contributed by atoms with Gasteiger partial charge < -0.3 is 0 Å². The first kappa shape index (κ1) is 21.8. The summed E-state index contributed by atoms with van der Waals surface area (Å²) < 4.78 is 2.65. The molecule has 37 heavy (non-hydrogen) atoms. The number of rotatable bonds is 3. The molecule has 0 bridgehead atoms. The van der Waals surface area contributed by atoms with E-state index in [-0.39, 0.29) is 0 Å². The van der Waals surface area contributed by atoms with Crippen LogP contribution in [0.2, 0.25) is 0 Å². The standard InChI is InChI=1S/C36H24S/c1-3-25(26-13-5-4-12-23(26)2)36-30-17-8-6-15-28(30)35(29-16-7-9-18-31(29)36)24-20-21-34-32(22-24)27-14-10-11-19-33(27)37-34/h3-22H,1-2H2/b26-25+. The summed E-state index contributed by atoms with van der Waals surface area (Å²) in [5.74, 6) is 0. The lowest BCUT2D eigenvalue weighted by atomic mass is 9.85. The van der Waals surface area contributed by atoms with Crippen molar-refractivity contribution in [2.45, 2.75) is 0 Å². The zero-order valence-electron chi connectivity index (χ0n) is 20.4. The van der Waals surface area contributed by atoms with E-state index in [9.17, 15) is 0 Å². The Morgan fingerprint density at radius 2 is 1.14 bits per heavy atom. The number of benzene rings is 6. The van der Waals surface area contributed by atoms with E-state index < -0.39 is 0 Å². The van der Waals surface area contributed by atoms with Crippen LogP contribution < -0.4 is 10.4 Å². The second-order valence-corrected chi connectivity index (χ2v) is 10.5. The lowest BCUT2D eigenvalue weighted by Gasteiger charge is -2.18. The van der Waals surface area contributed by atoms with Gasteiger partial charge in [-0.1, -0.05) is 116 Å². The molecule has 1 heteroatoms. The van der Waals surface area contributed by atoms with Crippen LogP contribution in [0.4, 0.5) is 0 Å². The molecule has 0 spiro atoms. The minimum atomic E-state index is 1.00. The zero-order chi connectivity index (χ0) is 24.9. The van der Waals surface area contributed by atoms with E-state index in [4.69, 9.17) is 0 Å². The van der Waals surface area contributed by atoms with Gasteiger partial charge in [-0.15, -0.1) is 11.3 Å². The monoisotopic (exact) mass is 488 g/mol. The summed E-state index contributed by atoms with van der Waals surface area (Å²) in [5, 5.41) is 9.71.